The van der Waals surface area contributed by atoms with E-state index in [1.54, 1.807) is 14.0 Å². The van der Waals surface area contributed by atoms with Gasteiger partial charge in [-0.3, -0.25) is 0 Å². The number of hydrogen-bond donors (Lipinski definition) is 1. The third kappa shape index (κ3) is 1.89. The summed E-state index contributed by atoms with van der Waals surface area (Å²) < 4.78 is 10.5. The fourth-order valence-electron chi connectivity index (χ4n) is 1.60. The highest BCUT2D eigenvalue weighted by Gasteiger charge is 2.27. The predicted molar refractivity (Wildman–Crippen MR) is 57.7 cm³/mol. The van der Waals surface area contributed by atoms with Crippen LogP contribution in [0.1, 0.15) is 12.7 Å². The molecule has 1 unspecified atom stereocenters. The minimum Gasteiger partial charge on any atom is -0.458 e. The smallest absolute Gasteiger partial charge is 0.142 e. The largest absolute Gasteiger partial charge is 0.458 e. The molecule has 0 spiro atoms. The van der Waals surface area contributed by atoms with Crippen LogP contribution < -0.4 is 0 Å². The van der Waals surface area contributed by atoms with Gasteiger partial charge < -0.3 is 14.3 Å². The first-order valence-corrected chi connectivity index (χ1v) is 4.84. The number of furan rings is 1. The van der Waals surface area contributed by atoms with Crippen molar-refractivity contribution in [3.8, 4) is 0 Å². The van der Waals surface area contributed by atoms with Crippen LogP contribution in [0, 0.1) is 0 Å². The second-order valence-electron chi connectivity index (χ2n) is 3.86. The first-order valence-electron chi connectivity index (χ1n) is 4.84. The van der Waals surface area contributed by atoms with Gasteiger partial charge in [0, 0.05) is 12.5 Å². The van der Waals surface area contributed by atoms with Gasteiger partial charge in [0.1, 0.15) is 16.9 Å². The second kappa shape index (κ2) is 3.68. The Hall–Kier alpha value is -1.32. The Labute approximate surface area is 88.3 Å². The Balaban J connectivity index is 2.44. The molecule has 0 aliphatic heterocycles. The highest BCUT2D eigenvalue weighted by Crippen LogP contribution is 2.27. The number of ether oxygens (including phenoxy) is 1. The summed E-state index contributed by atoms with van der Waals surface area (Å²) in [4.78, 5) is 0. The maximum Gasteiger partial charge on any atom is 0.142 e. The van der Waals surface area contributed by atoms with Crippen LogP contribution >= 0.6 is 0 Å². The summed E-state index contributed by atoms with van der Waals surface area (Å²) in [5.74, 6) is 0.533. The molecule has 80 valence electrons. The third-order valence-electron chi connectivity index (χ3n) is 2.38. The van der Waals surface area contributed by atoms with E-state index in [-0.39, 0.29) is 6.61 Å². The van der Waals surface area contributed by atoms with Crippen LogP contribution in [0.25, 0.3) is 11.0 Å². The average Bonchev–Trinajstić information content (AvgIpc) is 2.61. The lowest BCUT2D eigenvalue weighted by Gasteiger charge is -2.18. The lowest BCUT2D eigenvalue weighted by Crippen LogP contribution is -2.26. The van der Waals surface area contributed by atoms with Crippen molar-refractivity contribution in [3.05, 3.63) is 36.1 Å². The predicted octanol–water partition coefficient (Wildman–Crippen LogP) is 2.29. The van der Waals surface area contributed by atoms with Gasteiger partial charge >= 0.3 is 0 Å². The molecular weight excluding hydrogens is 192 g/mol. The molecule has 2 aromatic rings. The number of methoxy groups -OCH3 is 1. The van der Waals surface area contributed by atoms with Crippen molar-refractivity contribution >= 4 is 11.0 Å². The Bertz CT molecular complexity index is 424. The van der Waals surface area contributed by atoms with Crippen LogP contribution in [0.15, 0.2) is 34.7 Å². The molecule has 0 aliphatic rings. The highest BCUT2D eigenvalue weighted by molar-refractivity contribution is 5.77. The molecule has 0 aliphatic carbocycles. The van der Waals surface area contributed by atoms with Gasteiger partial charge in [0.05, 0.1) is 6.61 Å². The van der Waals surface area contributed by atoms with Crippen LogP contribution in [0.2, 0.25) is 0 Å². The van der Waals surface area contributed by atoms with E-state index in [2.05, 4.69) is 0 Å². The molecule has 0 fully saturated rings. The van der Waals surface area contributed by atoms with E-state index in [9.17, 15) is 5.11 Å². The summed E-state index contributed by atoms with van der Waals surface area (Å²) in [5.41, 5.74) is -0.294. The number of rotatable bonds is 3. The SMILES string of the molecule is COCC(C)(O)c1cc2ccccc2o1. The van der Waals surface area contributed by atoms with Crippen molar-refractivity contribution in [1.82, 2.24) is 0 Å². The van der Waals surface area contributed by atoms with Gasteiger partial charge in [-0.2, -0.15) is 0 Å². The van der Waals surface area contributed by atoms with E-state index in [4.69, 9.17) is 9.15 Å². The molecule has 0 saturated carbocycles. The second-order valence-corrected chi connectivity index (χ2v) is 3.86. The normalized spacial score (nSPS) is 15.4. The number of fused-ring (bicyclic) bond motifs is 1. The van der Waals surface area contributed by atoms with Gasteiger partial charge in [-0.1, -0.05) is 18.2 Å². The number of para-hydroxylation sites is 1. The molecule has 2 rings (SSSR count). The van der Waals surface area contributed by atoms with Crippen molar-refractivity contribution in [2.45, 2.75) is 12.5 Å². The Morgan fingerprint density at radius 3 is 2.80 bits per heavy atom. The maximum absolute atomic E-state index is 10.1. The number of aliphatic hydroxyl groups is 1. The molecule has 0 radical (unpaired) electrons. The van der Waals surface area contributed by atoms with Gasteiger partial charge in [-0.25, -0.2) is 0 Å². The van der Waals surface area contributed by atoms with Crippen LogP contribution in [0.4, 0.5) is 0 Å². The van der Waals surface area contributed by atoms with Crippen molar-refractivity contribution in [1.29, 1.82) is 0 Å². The van der Waals surface area contributed by atoms with Gasteiger partial charge in [0.25, 0.3) is 0 Å². The minimum absolute atomic E-state index is 0.215. The van der Waals surface area contributed by atoms with E-state index < -0.39 is 5.60 Å². The molecular formula is C12H14O3. The summed E-state index contributed by atoms with van der Waals surface area (Å²) in [7, 11) is 1.55. The summed E-state index contributed by atoms with van der Waals surface area (Å²) in [6.07, 6.45) is 0. The third-order valence-corrected chi connectivity index (χ3v) is 2.38. The summed E-state index contributed by atoms with van der Waals surface area (Å²) in [5, 5.41) is 11.1. The first-order chi connectivity index (χ1) is 7.13. The van der Waals surface area contributed by atoms with Gasteiger partial charge in [0.15, 0.2) is 0 Å². The highest BCUT2D eigenvalue weighted by atomic mass is 16.5. The molecule has 1 heterocycles. The van der Waals surface area contributed by atoms with E-state index in [0.29, 0.717) is 5.76 Å². The molecule has 0 amide bonds. The number of benzene rings is 1. The standard InChI is InChI=1S/C12H14O3/c1-12(13,8-14-2)11-7-9-5-3-4-6-10(9)15-11/h3-7,13H,8H2,1-2H3. The monoisotopic (exact) mass is 206 g/mol. The zero-order chi connectivity index (χ0) is 10.9. The minimum atomic E-state index is -1.08. The Morgan fingerprint density at radius 1 is 1.40 bits per heavy atom. The maximum atomic E-state index is 10.1. The lowest BCUT2D eigenvalue weighted by molar-refractivity contribution is -0.0349. The average molecular weight is 206 g/mol. The lowest BCUT2D eigenvalue weighted by atomic mass is 10.1. The molecule has 1 aromatic carbocycles. The molecule has 0 saturated heterocycles. The van der Waals surface area contributed by atoms with Gasteiger partial charge in [-0.05, 0) is 19.1 Å². The van der Waals surface area contributed by atoms with E-state index in [0.717, 1.165) is 11.0 Å². The fraction of sp³-hybridized carbons (Fsp3) is 0.333. The summed E-state index contributed by atoms with van der Waals surface area (Å²) >= 11 is 0. The van der Waals surface area contributed by atoms with Crippen LogP contribution in [-0.2, 0) is 10.3 Å². The van der Waals surface area contributed by atoms with E-state index in [1.165, 1.54) is 0 Å². The molecule has 3 nitrogen and oxygen atoms in total. The topological polar surface area (TPSA) is 42.6 Å². The molecule has 0 bridgehead atoms. The molecule has 1 aromatic heterocycles. The zero-order valence-corrected chi connectivity index (χ0v) is 8.86. The van der Waals surface area contributed by atoms with Crippen molar-refractivity contribution < 1.29 is 14.3 Å². The quantitative estimate of drug-likeness (QED) is 0.837. The first kappa shape index (κ1) is 10.2. The molecule has 3 heteroatoms. The van der Waals surface area contributed by atoms with Gasteiger partial charge in [-0.15, -0.1) is 0 Å². The van der Waals surface area contributed by atoms with Crippen LogP contribution in [-0.4, -0.2) is 18.8 Å². The molecule has 15 heavy (non-hydrogen) atoms. The fourth-order valence-corrected chi connectivity index (χ4v) is 1.60. The zero-order valence-electron chi connectivity index (χ0n) is 8.86. The van der Waals surface area contributed by atoms with Gasteiger partial charge in [0.2, 0.25) is 0 Å². The van der Waals surface area contributed by atoms with Crippen molar-refractivity contribution in [2.24, 2.45) is 0 Å². The summed E-state index contributed by atoms with van der Waals surface area (Å²) in [6.45, 7) is 1.89. The summed E-state index contributed by atoms with van der Waals surface area (Å²) in [6, 6.07) is 9.51. The van der Waals surface area contributed by atoms with Crippen molar-refractivity contribution in [2.75, 3.05) is 13.7 Å². The Kier molecular flexibility index (Phi) is 2.50. The molecule has 1 N–H and O–H groups in total. The van der Waals surface area contributed by atoms with E-state index in [1.807, 2.05) is 30.3 Å². The van der Waals surface area contributed by atoms with Crippen LogP contribution in [0.5, 0.6) is 0 Å². The van der Waals surface area contributed by atoms with Crippen molar-refractivity contribution in [3.63, 3.8) is 0 Å². The number of hydrogen-bond acceptors (Lipinski definition) is 3. The van der Waals surface area contributed by atoms with Crippen LogP contribution in [0.3, 0.4) is 0 Å². The van der Waals surface area contributed by atoms with E-state index >= 15 is 0 Å². The molecule has 1 atom stereocenters. The Morgan fingerprint density at radius 2 is 2.13 bits per heavy atom.